The van der Waals surface area contributed by atoms with E-state index in [4.69, 9.17) is 5.11 Å². The molecule has 0 spiro atoms. The van der Waals surface area contributed by atoms with Gasteiger partial charge < -0.3 is 14.9 Å². The fourth-order valence-corrected chi connectivity index (χ4v) is 1.86. The van der Waals surface area contributed by atoms with Crippen LogP contribution in [-0.2, 0) is 4.79 Å². The Morgan fingerprint density at radius 3 is 2.00 bits per heavy atom. The molecule has 2 rings (SSSR count). The summed E-state index contributed by atoms with van der Waals surface area (Å²) < 4.78 is 67.2. The summed E-state index contributed by atoms with van der Waals surface area (Å²) >= 11 is 0. The first-order valence-electron chi connectivity index (χ1n) is 6.97. The molecule has 0 unspecified atom stereocenters. The van der Waals surface area contributed by atoms with Crippen LogP contribution in [0, 0.1) is 11.6 Å². The van der Waals surface area contributed by atoms with Crippen LogP contribution in [0.1, 0.15) is 5.56 Å². The molecule has 0 aromatic heterocycles. The Bertz CT molecular complexity index is 888. The third kappa shape index (κ3) is 5.23. The third-order valence-electron chi connectivity index (χ3n) is 2.96. The lowest BCUT2D eigenvalue weighted by molar-refractivity contribution is -0.274. The van der Waals surface area contributed by atoms with Gasteiger partial charge in [-0.3, -0.25) is 0 Å². The minimum absolute atomic E-state index is 0.106. The van der Waals surface area contributed by atoms with Crippen molar-refractivity contribution in [3.05, 3.63) is 65.4 Å². The summed E-state index contributed by atoms with van der Waals surface area (Å²) in [6.07, 6.45) is -4.89. The number of carboxylic acids is 1. The van der Waals surface area contributed by atoms with E-state index in [-0.39, 0.29) is 5.69 Å². The van der Waals surface area contributed by atoms with Gasteiger partial charge in [0.2, 0.25) is 5.70 Å². The van der Waals surface area contributed by atoms with Crippen molar-refractivity contribution in [3.8, 4) is 5.75 Å². The number of aliphatic carboxylic acids is 1. The lowest BCUT2D eigenvalue weighted by Gasteiger charge is -2.08. The van der Waals surface area contributed by atoms with Crippen molar-refractivity contribution in [1.29, 1.82) is 0 Å². The van der Waals surface area contributed by atoms with Crippen LogP contribution in [0.3, 0.4) is 0 Å². The number of benzene rings is 2. The van der Waals surface area contributed by atoms with E-state index in [1.54, 1.807) is 0 Å². The monoisotopic (exact) mass is 388 g/mol. The number of hydrogen-bond donors (Lipinski definition) is 2. The van der Waals surface area contributed by atoms with E-state index >= 15 is 0 Å². The Morgan fingerprint density at radius 1 is 0.963 bits per heavy atom. The number of nitrogens with zero attached hydrogens (tertiary/aromatic N) is 2. The highest BCUT2D eigenvalue weighted by atomic mass is 19.4. The molecule has 0 aliphatic rings. The molecule has 0 aliphatic heterocycles. The summed E-state index contributed by atoms with van der Waals surface area (Å²) in [6, 6.07) is 6.42. The Labute approximate surface area is 147 Å². The maximum absolute atomic E-state index is 13.7. The maximum atomic E-state index is 13.7. The van der Waals surface area contributed by atoms with Crippen molar-refractivity contribution in [1.82, 2.24) is 0 Å². The number of halogens is 5. The van der Waals surface area contributed by atoms with Crippen LogP contribution in [-0.4, -0.2) is 22.5 Å². The average Bonchev–Trinajstić information content (AvgIpc) is 2.54. The first-order chi connectivity index (χ1) is 12.6. The SMILES string of the molecule is O=C(O)C(N=Nc1ccc(OC(F)(F)F)cc1)=C(O)c1c(F)cccc1F. The van der Waals surface area contributed by atoms with Gasteiger partial charge >= 0.3 is 12.3 Å². The third-order valence-corrected chi connectivity index (χ3v) is 2.96. The van der Waals surface area contributed by atoms with Gasteiger partial charge in [-0.2, -0.15) is 5.11 Å². The molecule has 0 bridgehead atoms. The van der Waals surface area contributed by atoms with Crippen molar-refractivity contribution in [3.63, 3.8) is 0 Å². The second kappa shape index (κ2) is 7.81. The summed E-state index contributed by atoms with van der Waals surface area (Å²) in [5, 5.41) is 25.6. The van der Waals surface area contributed by atoms with Crippen LogP contribution in [0.15, 0.2) is 58.4 Å². The molecule has 2 N–H and O–H groups in total. The first-order valence-corrected chi connectivity index (χ1v) is 6.97. The van der Waals surface area contributed by atoms with Crippen molar-refractivity contribution < 1.29 is 41.7 Å². The second-order valence-corrected chi connectivity index (χ2v) is 4.84. The quantitative estimate of drug-likeness (QED) is 0.328. The van der Waals surface area contributed by atoms with Gasteiger partial charge in [-0.25, -0.2) is 13.6 Å². The Kier molecular flexibility index (Phi) is 5.73. The molecule has 6 nitrogen and oxygen atoms in total. The van der Waals surface area contributed by atoms with E-state index in [1.807, 2.05) is 0 Å². The highest BCUT2D eigenvalue weighted by Crippen LogP contribution is 2.27. The van der Waals surface area contributed by atoms with E-state index in [9.17, 15) is 31.9 Å². The van der Waals surface area contributed by atoms with Crippen LogP contribution in [0.25, 0.3) is 5.76 Å². The molecule has 0 fully saturated rings. The number of aliphatic hydroxyl groups excluding tert-OH is 1. The van der Waals surface area contributed by atoms with E-state index in [2.05, 4.69) is 15.0 Å². The fraction of sp³-hybridized carbons (Fsp3) is 0.0625. The number of hydrogen-bond acceptors (Lipinski definition) is 5. The standard InChI is InChI=1S/C16H9F5N2O4/c17-10-2-1-3-11(18)12(10)14(24)13(15(25)26)23-22-8-4-6-9(7-5-8)27-16(19,20)21/h1-7,24H,(H,25,26). The predicted molar refractivity (Wildman–Crippen MR) is 81.2 cm³/mol. The summed E-state index contributed by atoms with van der Waals surface area (Å²) in [4.78, 5) is 11.2. The highest BCUT2D eigenvalue weighted by molar-refractivity contribution is 5.94. The number of ether oxygens (including phenoxy) is 1. The molecule has 0 atom stereocenters. The minimum Gasteiger partial charge on any atom is -0.505 e. The Morgan fingerprint density at radius 2 is 1.52 bits per heavy atom. The molecule has 0 saturated heterocycles. The number of alkyl halides is 3. The molecule has 2 aromatic carbocycles. The van der Waals surface area contributed by atoms with Gasteiger partial charge in [0.25, 0.3) is 0 Å². The van der Waals surface area contributed by atoms with Gasteiger partial charge in [0.1, 0.15) is 17.4 Å². The van der Waals surface area contributed by atoms with Gasteiger partial charge in [0, 0.05) is 0 Å². The van der Waals surface area contributed by atoms with Crippen molar-refractivity contribution in [2.24, 2.45) is 10.2 Å². The van der Waals surface area contributed by atoms with Gasteiger partial charge in [0.05, 0.1) is 11.3 Å². The summed E-state index contributed by atoms with van der Waals surface area (Å²) in [6.45, 7) is 0. The number of carboxylic acid groups (broad SMARTS) is 1. The van der Waals surface area contributed by atoms with E-state index in [0.29, 0.717) is 0 Å². The summed E-state index contributed by atoms with van der Waals surface area (Å²) in [5.41, 5.74) is -2.29. The fourth-order valence-electron chi connectivity index (χ4n) is 1.86. The van der Waals surface area contributed by atoms with Gasteiger partial charge in [0.15, 0.2) is 5.76 Å². The summed E-state index contributed by atoms with van der Waals surface area (Å²) in [5.74, 6) is -6.15. The van der Waals surface area contributed by atoms with Gasteiger partial charge in [-0.05, 0) is 36.4 Å². The normalized spacial score (nSPS) is 12.8. The van der Waals surface area contributed by atoms with Crippen molar-refractivity contribution in [2.75, 3.05) is 0 Å². The van der Waals surface area contributed by atoms with Gasteiger partial charge in [-0.1, -0.05) is 6.07 Å². The molecule has 0 heterocycles. The van der Waals surface area contributed by atoms with Crippen LogP contribution in [0.4, 0.5) is 27.6 Å². The number of azo groups is 1. The number of carbonyl (C=O) groups is 1. The van der Waals surface area contributed by atoms with E-state index in [0.717, 1.165) is 42.5 Å². The highest BCUT2D eigenvalue weighted by Gasteiger charge is 2.31. The molecule has 142 valence electrons. The summed E-state index contributed by atoms with van der Waals surface area (Å²) in [7, 11) is 0. The molecule has 11 heteroatoms. The molecule has 27 heavy (non-hydrogen) atoms. The lowest BCUT2D eigenvalue weighted by Crippen LogP contribution is -2.16. The largest absolute Gasteiger partial charge is 0.573 e. The van der Waals surface area contributed by atoms with Crippen LogP contribution >= 0.6 is 0 Å². The zero-order chi connectivity index (χ0) is 20.2. The van der Waals surface area contributed by atoms with Crippen LogP contribution < -0.4 is 4.74 Å². The lowest BCUT2D eigenvalue weighted by atomic mass is 10.1. The van der Waals surface area contributed by atoms with E-state index in [1.165, 1.54) is 0 Å². The Balaban J connectivity index is 2.35. The second-order valence-electron chi connectivity index (χ2n) is 4.84. The molecule has 0 aliphatic carbocycles. The van der Waals surface area contributed by atoms with Crippen molar-refractivity contribution in [2.45, 2.75) is 6.36 Å². The molecular formula is C16H9F5N2O4. The molecular weight excluding hydrogens is 379 g/mol. The first kappa shape index (κ1) is 19.8. The predicted octanol–water partition coefficient (Wildman–Crippen LogP) is 4.96. The smallest absolute Gasteiger partial charge is 0.505 e. The minimum atomic E-state index is -4.89. The molecule has 2 aromatic rings. The maximum Gasteiger partial charge on any atom is 0.573 e. The molecule has 0 radical (unpaired) electrons. The Hall–Kier alpha value is -3.50. The number of rotatable bonds is 5. The van der Waals surface area contributed by atoms with Crippen LogP contribution in [0.2, 0.25) is 0 Å². The van der Waals surface area contributed by atoms with E-state index < -0.39 is 46.7 Å². The van der Waals surface area contributed by atoms with Crippen molar-refractivity contribution >= 4 is 17.4 Å². The molecule has 0 amide bonds. The average molecular weight is 388 g/mol. The zero-order valence-electron chi connectivity index (χ0n) is 13.0. The zero-order valence-corrected chi connectivity index (χ0v) is 13.0. The van der Waals surface area contributed by atoms with Crippen LogP contribution in [0.5, 0.6) is 5.75 Å². The molecule has 0 saturated carbocycles. The number of aliphatic hydroxyl groups is 1. The topological polar surface area (TPSA) is 91.5 Å². The van der Waals surface area contributed by atoms with Gasteiger partial charge in [-0.15, -0.1) is 18.3 Å².